The highest BCUT2D eigenvalue weighted by atomic mass is 127. The van der Waals surface area contributed by atoms with Gasteiger partial charge in [0, 0.05) is 44.8 Å². The first kappa shape index (κ1) is 27.7. The number of guanidine groups is 1. The van der Waals surface area contributed by atoms with Gasteiger partial charge in [0.25, 0.3) is 0 Å². The molecule has 2 rings (SSSR count). The lowest BCUT2D eigenvalue weighted by molar-refractivity contribution is -0.0494. The zero-order chi connectivity index (χ0) is 21.9. The SMILES string of the molecule is CN=C(NCC(C)(C)N1CCCC(C)C1)NC1CCN(S(=O)(=O)C(F)(F)F)CC1.I. The molecule has 0 aromatic rings. The number of halogens is 4. The van der Waals surface area contributed by atoms with E-state index in [0.29, 0.717) is 35.6 Å². The molecule has 0 radical (unpaired) electrons. The highest BCUT2D eigenvalue weighted by Gasteiger charge is 2.50. The standard InChI is InChI=1S/C18H34F3N5O2S.HI/c1-14-6-5-9-25(12-14)17(2,3)13-23-16(22-4)24-15-7-10-26(11-8-15)29(27,28)18(19,20)21;/h14-15H,5-13H2,1-4H3,(H2,22,23,24);1H. The number of hydrogen-bond donors (Lipinski definition) is 2. The smallest absolute Gasteiger partial charge is 0.355 e. The molecular formula is C18H35F3IN5O2S. The summed E-state index contributed by atoms with van der Waals surface area (Å²) in [5.74, 6) is 1.26. The van der Waals surface area contributed by atoms with Gasteiger partial charge in [-0.25, -0.2) is 8.42 Å². The molecule has 0 saturated carbocycles. The summed E-state index contributed by atoms with van der Waals surface area (Å²) >= 11 is 0. The number of hydrogen-bond acceptors (Lipinski definition) is 4. The summed E-state index contributed by atoms with van der Waals surface area (Å²) in [6, 6.07) is -0.126. The van der Waals surface area contributed by atoms with Crippen molar-refractivity contribution in [2.24, 2.45) is 10.9 Å². The van der Waals surface area contributed by atoms with Crippen molar-refractivity contribution in [1.29, 1.82) is 0 Å². The van der Waals surface area contributed by atoms with Crippen molar-refractivity contribution in [3.05, 3.63) is 0 Å². The van der Waals surface area contributed by atoms with Crippen LogP contribution >= 0.6 is 24.0 Å². The predicted octanol–water partition coefficient (Wildman–Crippen LogP) is 2.59. The maximum absolute atomic E-state index is 12.7. The fourth-order valence-corrected chi connectivity index (χ4v) is 4.91. The number of nitrogens with one attached hydrogen (secondary N) is 2. The van der Waals surface area contributed by atoms with Crippen LogP contribution in [-0.2, 0) is 10.0 Å². The molecule has 12 heteroatoms. The molecule has 0 aromatic carbocycles. The molecule has 0 amide bonds. The minimum atomic E-state index is -5.25. The van der Waals surface area contributed by atoms with E-state index in [1.165, 1.54) is 12.8 Å². The Morgan fingerprint density at radius 2 is 1.73 bits per heavy atom. The average molecular weight is 569 g/mol. The van der Waals surface area contributed by atoms with Crippen LogP contribution < -0.4 is 10.6 Å². The molecule has 2 N–H and O–H groups in total. The van der Waals surface area contributed by atoms with Gasteiger partial charge in [0.1, 0.15) is 0 Å². The second-order valence-electron chi connectivity index (χ2n) is 8.70. The summed E-state index contributed by atoms with van der Waals surface area (Å²) in [4.78, 5) is 6.69. The molecule has 2 aliphatic heterocycles. The van der Waals surface area contributed by atoms with E-state index in [2.05, 4.69) is 41.3 Å². The minimum absolute atomic E-state index is 0. The summed E-state index contributed by atoms with van der Waals surface area (Å²) in [7, 11) is -3.60. The molecule has 2 saturated heterocycles. The number of likely N-dealkylation sites (tertiary alicyclic amines) is 1. The lowest BCUT2D eigenvalue weighted by atomic mass is 9.93. The predicted molar refractivity (Wildman–Crippen MR) is 124 cm³/mol. The number of nitrogens with zero attached hydrogens (tertiary/aromatic N) is 3. The number of alkyl halides is 3. The quantitative estimate of drug-likeness (QED) is 0.303. The third-order valence-corrected chi connectivity index (χ3v) is 7.48. The van der Waals surface area contributed by atoms with Gasteiger partial charge in [-0.3, -0.25) is 9.89 Å². The Morgan fingerprint density at radius 1 is 1.13 bits per heavy atom. The Morgan fingerprint density at radius 3 is 2.23 bits per heavy atom. The minimum Gasteiger partial charge on any atom is -0.355 e. The zero-order valence-corrected chi connectivity index (χ0v) is 21.3. The molecule has 2 fully saturated rings. The van der Waals surface area contributed by atoms with Gasteiger partial charge >= 0.3 is 15.5 Å². The first-order valence-electron chi connectivity index (χ1n) is 10.2. The van der Waals surface area contributed by atoms with Gasteiger partial charge in [0.05, 0.1) is 0 Å². The van der Waals surface area contributed by atoms with Crippen LogP contribution in [0.15, 0.2) is 4.99 Å². The molecule has 7 nitrogen and oxygen atoms in total. The van der Waals surface area contributed by atoms with E-state index in [9.17, 15) is 21.6 Å². The van der Waals surface area contributed by atoms with Gasteiger partial charge in [0.2, 0.25) is 0 Å². The van der Waals surface area contributed by atoms with Crippen molar-refractivity contribution in [1.82, 2.24) is 19.8 Å². The van der Waals surface area contributed by atoms with Gasteiger partial charge in [-0.1, -0.05) is 6.92 Å². The summed E-state index contributed by atoms with van der Waals surface area (Å²) in [6.07, 6.45) is 3.04. The van der Waals surface area contributed by atoms with Gasteiger partial charge < -0.3 is 10.6 Å². The van der Waals surface area contributed by atoms with Crippen molar-refractivity contribution in [2.75, 3.05) is 39.8 Å². The number of aliphatic imine (C=N–C) groups is 1. The number of sulfonamides is 1. The van der Waals surface area contributed by atoms with Crippen LogP contribution in [0.5, 0.6) is 0 Å². The molecule has 1 unspecified atom stereocenters. The van der Waals surface area contributed by atoms with Crippen molar-refractivity contribution < 1.29 is 21.6 Å². The Labute approximate surface area is 195 Å². The highest BCUT2D eigenvalue weighted by Crippen LogP contribution is 2.29. The third kappa shape index (κ3) is 7.09. The second-order valence-corrected chi connectivity index (χ2v) is 10.6. The Hall–Kier alpha value is -0.340. The topological polar surface area (TPSA) is 77.0 Å². The van der Waals surface area contributed by atoms with Crippen LogP contribution in [0.4, 0.5) is 13.2 Å². The lowest BCUT2D eigenvalue weighted by Gasteiger charge is -2.43. The molecule has 0 spiro atoms. The molecule has 2 heterocycles. The summed E-state index contributed by atoms with van der Waals surface area (Å²) in [5.41, 5.74) is -5.31. The van der Waals surface area contributed by atoms with Crippen molar-refractivity contribution in [2.45, 2.75) is 63.5 Å². The van der Waals surface area contributed by atoms with Gasteiger partial charge in [-0.05, 0) is 52.0 Å². The third-order valence-electron chi connectivity index (χ3n) is 5.85. The maximum atomic E-state index is 12.7. The van der Waals surface area contributed by atoms with E-state index < -0.39 is 15.5 Å². The van der Waals surface area contributed by atoms with Crippen LogP contribution in [0.2, 0.25) is 0 Å². The summed E-state index contributed by atoms with van der Waals surface area (Å²) < 4.78 is 61.6. The van der Waals surface area contributed by atoms with E-state index in [-0.39, 0.29) is 48.6 Å². The molecule has 2 aliphatic rings. The van der Waals surface area contributed by atoms with Crippen LogP contribution in [0, 0.1) is 5.92 Å². The van der Waals surface area contributed by atoms with E-state index in [0.717, 1.165) is 13.1 Å². The van der Waals surface area contributed by atoms with Crippen molar-refractivity contribution >= 4 is 40.0 Å². The molecule has 0 aliphatic carbocycles. The fraction of sp³-hybridized carbons (Fsp3) is 0.944. The highest BCUT2D eigenvalue weighted by molar-refractivity contribution is 14.0. The molecule has 178 valence electrons. The summed E-state index contributed by atoms with van der Waals surface area (Å²) in [6.45, 7) is 9.13. The second kappa shape index (κ2) is 11.0. The molecule has 30 heavy (non-hydrogen) atoms. The Kier molecular flexibility index (Phi) is 10.1. The number of rotatable bonds is 5. The van der Waals surface area contributed by atoms with Crippen LogP contribution in [0.1, 0.15) is 46.5 Å². The monoisotopic (exact) mass is 569 g/mol. The zero-order valence-electron chi connectivity index (χ0n) is 18.1. The Balaban J connectivity index is 0.00000450. The van der Waals surface area contributed by atoms with Crippen LogP contribution in [-0.4, -0.2) is 80.4 Å². The molecular weight excluding hydrogens is 534 g/mol. The van der Waals surface area contributed by atoms with Crippen LogP contribution in [0.3, 0.4) is 0 Å². The van der Waals surface area contributed by atoms with E-state index in [1.54, 1.807) is 7.05 Å². The lowest BCUT2D eigenvalue weighted by Crippen LogP contribution is -2.57. The van der Waals surface area contributed by atoms with Crippen molar-refractivity contribution in [3.8, 4) is 0 Å². The van der Waals surface area contributed by atoms with E-state index >= 15 is 0 Å². The fourth-order valence-electron chi connectivity index (χ4n) is 3.93. The average Bonchev–Trinajstić information content (AvgIpc) is 2.64. The first-order valence-corrected chi connectivity index (χ1v) is 11.6. The van der Waals surface area contributed by atoms with Gasteiger partial charge in [-0.2, -0.15) is 17.5 Å². The molecule has 0 bridgehead atoms. The van der Waals surface area contributed by atoms with Gasteiger partial charge in [-0.15, -0.1) is 24.0 Å². The number of piperidine rings is 2. The van der Waals surface area contributed by atoms with Crippen LogP contribution in [0.25, 0.3) is 0 Å². The van der Waals surface area contributed by atoms with E-state index in [4.69, 9.17) is 0 Å². The van der Waals surface area contributed by atoms with Crippen molar-refractivity contribution in [3.63, 3.8) is 0 Å². The largest absolute Gasteiger partial charge is 0.511 e. The van der Waals surface area contributed by atoms with E-state index in [1.807, 2.05) is 0 Å². The van der Waals surface area contributed by atoms with Gasteiger partial charge in [0.15, 0.2) is 5.96 Å². The molecule has 1 atom stereocenters. The normalized spacial score (nSPS) is 23.7. The Bertz CT molecular complexity index is 680. The molecule has 0 aromatic heterocycles. The first-order chi connectivity index (χ1) is 13.4. The summed E-state index contributed by atoms with van der Waals surface area (Å²) in [5, 5.41) is 6.54. The maximum Gasteiger partial charge on any atom is 0.511 e.